The second kappa shape index (κ2) is 11.9. The Hall–Kier alpha value is -3.95. The third-order valence-electron chi connectivity index (χ3n) is 3.50. The standard InChI is InChI=1S/C21H22O10/c1-12(2)18(24)28-7-9-30-20(26)15-6-5-14(17(22)23)11-16(15)21(27)31-10-8-29-19(25)13(3)4/h5-6,11H,1,3,7-10H2,2,4H3,(H,22,23). The molecular formula is C21H22O10. The van der Waals surface area contributed by atoms with E-state index >= 15 is 0 Å². The van der Waals surface area contributed by atoms with Crippen LogP contribution in [0.5, 0.6) is 0 Å². The van der Waals surface area contributed by atoms with Crippen LogP contribution in [0, 0.1) is 0 Å². The van der Waals surface area contributed by atoms with Crippen LogP contribution < -0.4 is 0 Å². The average molecular weight is 434 g/mol. The van der Waals surface area contributed by atoms with Gasteiger partial charge in [-0.1, -0.05) is 13.2 Å². The van der Waals surface area contributed by atoms with Gasteiger partial charge in [0, 0.05) is 11.1 Å². The fourth-order valence-corrected chi connectivity index (χ4v) is 1.96. The molecule has 31 heavy (non-hydrogen) atoms. The molecule has 10 heteroatoms. The number of ether oxygens (including phenoxy) is 4. The number of benzene rings is 1. The minimum atomic E-state index is -1.32. The molecular weight excluding hydrogens is 412 g/mol. The van der Waals surface area contributed by atoms with Crippen LogP contribution in [-0.2, 0) is 28.5 Å². The third-order valence-corrected chi connectivity index (χ3v) is 3.50. The number of esters is 4. The first-order chi connectivity index (χ1) is 14.5. The van der Waals surface area contributed by atoms with Crippen molar-refractivity contribution in [3.8, 4) is 0 Å². The predicted molar refractivity (Wildman–Crippen MR) is 106 cm³/mol. The van der Waals surface area contributed by atoms with E-state index in [4.69, 9.17) is 24.1 Å². The number of carbonyl (C=O) groups is 5. The Morgan fingerprint density at radius 2 is 1.16 bits per heavy atom. The smallest absolute Gasteiger partial charge is 0.339 e. The topological polar surface area (TPSA) is 142 Å². The van der Waals surface area contributed by atoms with Crippen molar-refractivity contribution in [1.29, 1.82) is 0 Å². The van der Waals surface area contributed by atoms with Crippen molar-refractivity contribution in [2.24, 2.45) is 0 Å². The Labute approximate surface area is 178 Å². The molecule has 0 spiro atoms. The lowest BCUT2D eigenvalue weighted by atomic mass is 10.0. The number of carboxylic acid groups (broad SMARTS) is 1. The summed E-state index contributed by atoms with van der Waals surface area (Å²) >= 11 is 0. The molecule has 1 aromatic rings. The van der Waals surface area contributed by atoms with Gasteiger partial charge in [-0.3, -0.25) is 0 Å². The van der Waals surface area contributed by atoms with E-state index < -0.39 is 29.8 Å². The van der Waals surface area contributed by atoms with Crippen LogP contribution in [0.3, 0.4) is 0 Å². The number of hydrogen-bond donors (Lipinski definition) is 1. The maximum absolute atomic E-state index is 12.4. The Morgan fingerprint density at radius 3 is 1.58 bits per heavy atom. The maximum Gasteiger partial charge on any atom is 0.339 e. The van der Waals surface area contributed by atoms with Gasteiger partial charge in [-0.2, -0.15) is 0 Å². The largest absolute Gasteiger partial charge is 0.478 e. The van der Waals surface area contributed by atoms with E-state index in [-0.39, 0.29) is 54.3 Å². The highest BCUT2D eigenvalue weighted by atomic mass is 16.6. The summed E-state index contributed by atoms with van der Waals surface area (Å²) in [6, 6.07) is 3.18. The van der Waals surface area contributed by atoms with Gasteiger partial charge in [0.25, 0.3) is 0 Å². The molecule has 0 aliphatic carbocycles. The van der Waals surface area contributed by atoms with E-state index in [1.54, 1.807) is 0 Å². The number of aromatic carboxylic acids is 1. The SMILES string of the molecule is C=C(C)C(=O)OCCOC(=O)c1ccc(C(=O)O)cc1C(=O)OCCOC(=O)C(=C)C. The first-order valence-corrected chi connectivity index (χ1v) is 8.91. The zero-order valence-corrected chi connectivity index (χ0v) is 17.1. The number of rotatable bonds is 11. The monoisotopic (exact) mass is 434 g/mol. The molecule has 0 fully saturated rings. The molecule has 0 aliphatic heterocycles. The summed E-state index contributed by atoms with van der Waals surface area (Å²) in [5, 5.41) is 9.13. The molecule has 0 amide bonds. The van der Waals surface area contributed by atoms with Crippen LogP contribution in [0.4, 0.5) is 0 Å². The van der Waals surface area contributed by atoms with Crippen molar-refractivity contribution in [2.45, 2.75) is 13.8 Å². The van der Waals surface area contributed by atoms with E-state index in [1.807, 2.05) is 0 Å². The van der Waals surface area contributed by atoms with Crippen LogP contribution in [0.15, 0.2) is 42.5 Å². The lowest BCUT2D eigenvalue weighted by Crippen LogP contribution is -2.19. The van der Waals surface area contributed by atoms with E-state index in [2.05, 4.69) is 13.2 Å². The predicted octanol–water partition coefficient (Wildman–Crippen LogP) is 1.94. The minimum absolute atomic E-state index is 0.166. The second-order valence-corrected chi connectivity index (χ2v) is 6.17. The molecule has 1 aromatic carbocycles. The van der Waals surface area contributed by atoms with Gasteiger partial charge in [-0.05, 0) is 32.0 Å². The zero-order chi connectivity index (χ0) is 23.6. The molecule has 0 bridgehead atoms. The molecule has 0 saturated heterocycles. The van der Waals surface area contributed by atoms with Crippen molar-refractivity contribution < 1.29 is 48.0 Å². The lowest BCUT2D eigenvalue weighted by molar-refractivity contribution is -0.140. The molecule has 0 heterocycles. The van der Waals surface area contributed by atoms with Gasteiger partial charge in [-0.25, -0.2) is 24.0 Å². The zero-order valence-electron chi connectivity index (χ0n) is 17.1. The fraction of sp³-hybridized carbons (Fsp3) is 0.286. The summed E-state index contributed by atoms with van der Waals surface area (Å²) in [4.78, 5) is 58.5. The highest BCUT2D eigenvalue weighted by Crippen LogP contribution is 2.16. The highest BCUT2D eigenvalue weighted by molar-refractivity contribution is 6.05. The van der Waals surface area contributed by atoms with Gasteiger partial charge in [0.2, 0.25) is 0 Å². The van der Waals surface area contributed by atoms with Gasteiger partial charge in [0.05, 0.1) is 16.7 Å². The van der Waals surface area contributed by atoms with E-state index in [9.17, 15) is 24.0 Å². The molecule has 0 radical (unpaired) electrons. The second-order valence-electron chi connectivity index (χ2n) is 6.17. The van der Waals surface area contributed by atoms with Gasteiger partial charge >= 0.3 is 29.8 Å². The van der Waals surface area contributed by atoms with E-state index in [0.29, 0.717) is 0 Å². The summed E-state index contributed by atoms with van der Waals surface area (Å²) in [6.07, 6.45) is 0. The summed E-state index contributed by atoms with van der Waals surface area (Å²) in [5.74, 6) is -4.62. The number of hydrogen-bond acceptors (Lipinski definition) is 9. The van der Waals surface area contributed by atoms with Crippen molar-refractivity contribution in [2.75, 3.05) is 26.4 Å². The normalized spacial score (nSPS) is 9.87. The van der Waals surface area contributed by atoms with Crippen LogP contribution in [0.2, 0.25) is 0 Å². The molecule has 0 aliphatic rings. The van der Waals surface area contributed by atoms with Crippen molar-refractivity contribution in [3.63, 3.8) is 0 Å². The molecule has 0 saturated carbocycles. The highest BCUT2D eigenvalue weighted by Gasteiger charge is 2.22. The molecule has 1 N–H and O–H groups in total. The van der Waals surface area contributed by atoms with Crippen LogP contribution in [0.25, 0.3) is 0 Å². The lowest BCUT2D eigenvalue weighted by Gasteiger charge is -2.11. The van der Waals surface area contributed by atoms with Crippen LogP contribution in [0.1, 0.15) is 44.9 Å². The molecule has 0 unspecified atom stereocenters. The molecule has 0 aromatic heterocycles. The van der Waals surface area contributed by atoms with E-state index in [0.717, 1.165) is 18.2 Å². The average Bonchev–Trinajstić information content (AvgIpc) is 2.72. The molecule has 1 rings (SSSR count). The molecule has 10 nitrogen and oxygen atoms in total. The number of carboxylic acids is 1. The summed E-state index contributed by atoms with van der Waals surface area (Å²) < 4.78 is 19.5. The minimum Gasteiger partial charge on any atom is -0.478 e. The van der Waals surface area contributed by atoms with Crippen LogP contribution in [-0.4, -0.2) is 61.4 Å². The quantitative estimate of drug-likeness (QED) is 0.237. The first-order valence-electron chi connectivity index (χ1n) is 8.91. The van der Waals surface area contributed by atoms with Gasteiger partial charge in [0.15, 0.2) is 0 Å². The Balaban J connectivity index is 2.82. The van der Waals surface area contributed by atoms with Crippen molar-refractivity contribution in [1.82, 2.24) is 0 Å². The van der Waals surface area contributed by atoms with Gasteiger partial charge in [-0.15, -0.1) is 0 Å². The number of carbonyl (C=O) groups excluding carboxylic acids is 4. The first kappa shape index (κ1) is 25.1. The van der Waals surface area contributed by atoms with Gasteiger partial charge < -0.3 is 24.1 Å². The molecule has 0 atom stereocenters. The molecule has 166 valence electrons. The van der Waals surface area contributed by atoms with Crippen molar-refractivity contribution >= 4 is 29.8 Å². The Bertz CT molecular complexity index is 913. The summed E-state index contributed by atoms with van der Waals surface area (Å²) in [5.41, 5.74) is -0.517. The third kappa shape index (κ3) is 8.13. The van der Waals surface area contributed by atoms with Crippen LogP contribution >= 0.6 is 0 Å². The van der Waals surface area contributed by atoms with Gasteiger partial charge in [0.1, 0.15) is 26.4 Å². The van der Waals surface area contributed by atoms with E-state index in [1.165, 1.54) is 13.8 Å². The van der Waals surface area contributed by atoms with Crippen molar-refractivity contribution in [3.05, 3.63) is 59.2 Å². The summed E-state index contributed by atoms with van der Waals surface area (Å²) in [7, 11) is 0. The fourth-order valence-electron chi connectivity index (χ4n) is 1.96. The summed E-state index contributed by atoms with van der Waals surface area (Å²) in [6.45, 7) is 8.58. The maximum atomic E-state index is 12.4. The Morgan fingerprint density at radius 1 is 0.742 bits per heavy atom. The Kier molecular flexibility index (Phi) is 9.64.